The number of rotatable bonds is 7. The molecule has 0 saturated carbocycles. The monoisotopic (exact) mass is 348 g/mol. The number of hydrogen-bond donors (Lipinski definition) is 4. The first-order valence-corrected chi connectivity index (χ1v) is 7.87. The molecule has 0 aliphatic rings. The van der Waals surface area contributed by atoms with Crippen LogP contribution in [0.5, 0.6) is 0 Å². The van der Waals surface area contributed by atoms with E-state index in [0.29, 0.717) is 11.4 Å². The number of benzene rings is 1. The van der Waals surface area contributed by atoms with Gasteiger partial charge >= 0.3 is 5.97 Å². The summed E-state index contributed by atoms with van der Waals surface area (Å²) >= 11 is 1.40. The van der Waals surface area contributed by atoms with Crippen molar-refractivity contribution < 1.29 is 19.5 Å². The summed E-state index contributed by atoms with van der Waals surface area (Å²) in [7, 11) is 0. The number of nitrogen functional groups attached to an aromatic ring is 1. The number of hydrogen-bond acceptors (Lipinski definition) is 6. The molecule has 2 amide bonds. The van der Waals surface area contributed by atoms with E-state index in [9.17, 15) is 14.4 Å². The Bertz CT molecular complexity index is 759. The number of aromatic nitrogens is 1. The molecule has 0 atom stereocenters. The van der Waals surface area contributed by atoms with Gasteiger partial charge in [0.2, 0.25) is 11.8 Å². The third-order valence-corrected chi connectivity index (χ3v) is 3.85. The summed E-state index contributed by atoms with van der Waals surface area (Å²) < 4.78 is 0. The second-order valence-electron chi connectivity index (χ2n) is 4.89. The number of amides is 2. The Kier molecular flexibility index (Phi) is 5.85. The second-order valence-corrected chi connectivity index (χ2v) is 5.75. The average molecular weight is 348 g/mol. The summed E-state index contributed by atoms with van der Waals surface area (Å²) in [5.74, 6) is -2.08. The Labute approximate surface area is 141 Å². The largest absolute Gasteiger partial charge is 0.480 e. The van der Waals surface area contributed by atoms with E-state index < -0.39 is 18.4 Å². The van der Waals surface area contributed by atoms with Crippen molar-refractivity contribution in [3.8, 4) is 10.6 Å². The molecule has 2 aromatic rings. The summed E-state index contributed by atoms with van der Waals surface area (Å²) in [4.78, 5) is 37.8. The minimum Gasteiger partial charge on any atom is -0.480 e. The number of thiazole rings is 1. The lowest BCUT2D eigenvalue weighted by Crippen LogP contribution is -2.39. The molecule has 0 radical (unpaired) electrons. The fourth-order valence-electron chi connectivity index (χ4n) is 1.84. The van der Waals surface area contributed by atoms with E-state index in [1.54, 1.807) is 17.5 Å². The van der Waals surface area contributed by atoms with E-state index in [1.807, 2.05) is 12.1 Å². The second kappa shape index (κ2) is 8.06. The minimum absolute atomic E-state index is 0.0328. The highest BCUT2D eigenvalue weighted by Crippen LogP contribution is 2.25. The van der Waals surface area contributed by atoms with Crippen molar-refractivity contribution in [2.45, 2.75) is 6.42 Å². The maximum Gasteiger partial charge on any atom is 0.322 e. The zero-order chi connectivity index (χ0) is 17.5. The average Bonchev–Trinajstić information content (AvgIpc) is 2.99. The zero-order valence-corrected chi connectivity index (χ0v) is 13.4. The van der Waals surface area contributed by atoms with Crippen LogP contribution in [0.15, 0.2) is 29.6 Å². The number of carbonyl (C=O) groups excluding carboxylic acids is 2. The molecule has 0 aliphatic carbocycles. The fraction of sp³-hybridized carbons (Fsp3) is 0.200. The molecule has 126 valence electrons. The number of carbonyl (C=O) groups is 3. The number of nitrogens with two attached hydrogens (primary N) is 1. The molecule has 1 aromatic carbocycles. The Balaban J connectivity index is 1.84. The molecule has 0 unspecified atom stereocenters. The van der Waals surface area contributed by atoms with Crippen LogP contribution in [0.3, 0.4) is 0 Å². The van der Waals surface area contributed by atoms with E-state index in [4.69, 9.17) is 10.8 Å². The van der Waals surface area contributed by atoms with Crippen LogP contribution < -0.4 is 16.4 Å². The van der Waals surface area contributed by atoms with Gasteiger partial charge in [-0.2, -0.15) is 0 Å². The predicted molar refractivity (Wildman–Crippen MR) is 89.3 cm³/mol. The van der Waals surface area contributed by atoms with E-state index >= 15 is 0 Å². The van der Waals surface area contributed by atoms with Crippen molar-refractivity contribution in [1.82, 2.24) is 15.6 Å². The number of nitrogens with one attached hydrogen (secondary N) is 2. The lowest BCUT2D eigenvalue weighted by atomic mass is 10.2. The summed E-state index contributed by atoms with van der Waals surface area (Å²) in [5.41, 5.74) is 7.83. The van der Waals surface area contributed by atoms with Crippen LogP contribution in [0.25, 0.3) is 10.6 Å². The highest BCUT2D eigenvalue weighted by Gasteiger charge is 2.11. The van der Waals surface area contributed by atoms with Crippen LogP contribution >= 0.6 is 11.3 Å². The fourth-order valence-corrected chi connectivity index (χ4v) is 2.65. The molecule has 0 bridgehead atoms. The van der Waals surface area contributed by atoms with Gasteiger partial charge in [-0.15, -0.1) is 11.3 Å². The first-order chi connectivity index (χ1) is 11.4. The van der Waals surface area contributed by atoms with E-state index in [1.165, 1.54) is 11.3 Å². The number of carboxylic acid groups (broad SMARTS) is 1. The lowest BCUT2D eigenvalue weighted by molar-refractivity contribution is -0.137. The highest BCUT2D eigenvalue weighted by atomic mass is 32.1. The topological polar surface area (TPSA) is 134 Å². The number of nitrogens with zero attached hydrogens (tertiary/aromatic N) is 1. The van der Waals surface area contributed by atoms with Gasteiger partial charge < -0.3 is 21.5 Å². The molecule has 24 heavy (non-hydrogen) atoms. The molecule has 5 N–H and O–H groups in total. The quantitative estimate of drug-likeness (QED) is 0.530. The number of aliphatic carboxylic acids is 1. The SMILES string of the molecule is Nc1cccc(-c2nc(CC(=O)NCC(=O)NCC(=O)O)cs2)c1. The van der Waals surface area contributed by atoms with Crippen LogP contribution in [0.2, 0.25) is 0 Å². The van der Waals surface area contributed by atoms with Gasteiger partial charge in [-0.1, -0.05) is 12.1 Å². The molecular weight excluding hydrogens is 332 g/mol. The molecule has 0 saturated heterocycles. The summed E-state index contributed by atoms with van der Waals surface area (Å²) in [5, 5.41) is 15.5. The van der Waals surface area contributed by atoms with Crippen molar-refractivity contribution in [3.63, 3.8) is 0 Å². The normalized spacial score (nSPS) is 10.2. The van der Waals surface area contributed by atoms with Gasteiger partial charge in [-0.25, -0.2) is 4.98 Å². The van der Waals surface area contributed by atoms with Crippen molar-refractivity contribution in [2.24, 2.45) is 0 Å². The molecule has 1 aromatic heterocycles. The van der Waals surface area contributed by atoms with Crippen molar-refractivity contribution in [3.05, 3.63) is 35.3 Å². The number of anilines is 1. The Morgan fingerprint density at radius 1 is 1.17 bits per heavy atom. The smallest absolute Gasteiger partial charge is 0.322 e. The number of carboxylic acids is 1. The standard InChI is InChI=1S/C15H16N4O4S/c16-10-3-1-2-9(4-10)15-19-11(8-24-15)5-12(20)17-6-13(21)18-7-14(22)23/h1-4,8H,5-7,16H2,(H,17,20)(H,18,21)(H,22,23). The molecule has 2 rings (SSSR count). The maximum absolute atomic E-state index is 11.8. The lowest BCUT2D eigenvalue weighted by Gasteiger charge is -2.04. The summed E-state index contributed by atoms with van der Waals surface area (Å²) in [6.07, 6.45) is 0.0328. The molecule has 1 heterocycles. The first-order valence-electron chi connectivity index (χ1n) is 6.99. The van der Waals surface area contributed by atoms with Crippen LogP contribution in [-0.2, 0) is 20.8 Å². The van der Waals surface area contributed by atoms with Crippen molar-refractivity contribution in [1.29, 1.82) is 0 Å². The van der Waals surface area contributed by atoms with Crippen LogP contribution in [0.4, 0.5) is 5.69 Å². The van der Waals surface area contributed by atoms with Gasteiger partial charge in [-0.3, -0.25) is 14.4 Å². The third-order valence-electron chi connectivity index (χ3n) is 2.91. The molecular formula is C15H16N4O4S. The third kappa shape index (κ3) is 5.36. The molecule has 8 nitrogen and oxygen atoms in total. The first kappa shape index (κ1) is 17.4. The summed E-state index contributed by atoms with van der Waals surface area (Å²) in [6, 6.07) is 7.29. The van der Waals surface area contributed by atoms with Gasteiger partial charge in [-0.05, 0) is 12.1 Å². The minimum atomic E-state index is -1.15. The van der Waals surface area contributed by atoms with E-state index in [-0.39, 0.29) is 18.9 Å². The Hall–Kier alpha value is -2.94. The van der Waals surface area contributed by atoms with Crippen molar-refractivity contribution in [2.75, 3.05) is 18.8 Å². The zero-order valence-electron chi connectivity index (χ0n) is 12.6. The van der Waals surface area contributed by atoms with Crippen LogP contribution in [0.1, 0.15) is 5.69 Å². The van der Waals surface area contributed by atoms with Gasteiger partial charge in [0, 0.05) is 16.6 Å². The van der Waals surface area contributed by atoms with Crippen LogP contribution in [0, 0.1) is 0 Å². The Morgan fingerprint density at radius 2 is 1.92 bits per heavy atom. The van der Waals surface area contributed by atoms with Crippen molar-refractivity contribution >= 4 is 34.8 Å². The van der Waals surface area contributed by atoms with E-state index in [0.717, 1.165) is 10.6 Å². The predicted octanol–water partition coefficient (Wildman–Crippen LogP) is 0.252. The molecule has 9 heteroatoms. The molecule has 0 fully saturated rings. The van der Waals surface area contributed by atoms with Gasteiger partial charge in [0.15, 0.2) is 0 Å². The summed E-state index contributed by atoms with van der Waals surface area (Å²) in [6.45, 7) is -0.761. The van der Waals surface area contributed by atoms with E-state index in [2.05, 4.69) is 15.6 Å². The maximum atomic E-state index is 11.8. The van der Waals surface area contributed by atoms with Crippen LogP contribution in [-0.4, -0.2) is 41.0 Å². The highest BCUT2D eigenvalue weighted by molar-refractivity contribution is 7.13. The molecule has 0 aliphatic heterocycles. The molecule has 0 spiro atoms. The van der Waals surface area contributed by atoms with Gasteiger partial charge in [0.05, 0.1) is 18.7 Å². The Morgan fingerprint density at radius 3 is 2.62 bits per heavy atom. The van der Waals surface area contributed by atoms with Gasteiger partial charge in [0.1, 0.15) is 11.6 Å². The van der Waals surface area contributed by atoms with Gasteiger partial charge in [0.25, 0.3) is 0 Å².